The van der Waals surface area contributed by atoms with E-state index in [0.717, 1.165) is 24.2 Å². The number of hydrogen-bond donors (Lipinski definition) is 2. The van der Waals surface area contributed by atoms with Crippen molar-refractivity contribution in [1.29, 1.82) is 0 Å². The fourth-order valence-electron chi connectivity index (χ4n) is 1.76. The van der Waals surface area contributed by atoms with Crippen molar-refractivity contribution in [2.24, 2.45) is 5.92 Å². The molecule has 0 heterocycles. The fraction of sp³-hybridized carbons (Fsp3) is 0.500. The molecule has 3 N–H and O–H groups in total. The normalized spacial score (nSPS) is 10.7. The van der Waals surface area contributed by atoms with Gasteiger partial charge in [0, 0.05) is 25.0 Å². The molecule has 18 heavy (non-hydrogen) atoms. The van der Waals surface area contributed by atoms with Gasteiger partial charge in [-0.15, -0.1) is 0 Å². The third-order valence-electron chi connectivity index (χ3n) is 3.08. The highest BCUT2D eigenvalue weighted by molar-refractivity contribution is 5.95. The summed E-state index contributed by atoms with van der Waals surface area (Å²) in [5.41, 5.74) is 8.02. The molecule has 0 unspecified atom stereocenters. The van der Waals surface area contributed by atoms with Gasteiger partial charge in [-0.25, -0.2) is 4.79 Å². The minimum Gasteiger partial charge on any atom is -0.478 e. The lowest BCUT2D eigenvalue weighted by Gasteiger charge is -2.22. The Morgan fingerprint density at radius 1 is 1.44 bits per heavy atom. The lowest BCUT2D eigenvalue weighted by atomic mass is 10.1. The van der Waals surface area contributed by atoms with Crippen molar-refractivity contribution >= 4 is 17.3 Å². The molecule has 0 saturated carbocycles. The number of nitrogens with zero attached hydrogens (tertiary/aromatic N) is 1. The second kappa shape index (κ2) is 5.76. The Balaban J connectivity index is 2.99. The number of nitrogens with two attached hydrogens (primary N) is 1. The third-order valence-corrected chi connectivity index (χ3v) is 3.08. The van der Waals surface area contributed by atoms with Gasteiger partial charge >= 0.3 is 5.97 Å². The minimum atomic E-state index is -0.977. The third kappa shape index (κ3) is 3.39. The van der Waals surface area contributed by atoms with Gasteiger partial charge in [0.25, 0.3) is 0 Å². The van der Waals surface area contributed by atoms with Crippen molar-refractivity contribution in [1.82, 2.24) is 0 Å². The first kappa shape index (κ1) is 14.4. The summed E-state index contributed by atoms with van der Waals surface area (Å²) in [6, 6.07) is 3.58. The number of anilines is 2. The quantitative estimate of drug-likeness (QED) is 0.789. The Morgan fingerprint density at radius 3 is 2.56 bits per heavy atom. The molecule has 0 aromatic heterocycles. The molecule has 4 heteroatoms. The molecule has 0 atom stereocenters. The van der Waals surface area contributed by atoms with E-state index in [1.54, 1.807) is 6.07 Å². The summed E-state index contributed by atoms with van der Waals surface area (Å²) >= 11 is 0. The van der Waals surface area contributed by atoms with Crippen molar-refractivity contribution in [3.8, 4) is 0 Å². The molecule has 1 aromatic rings. The highest BCUT2D eigenvalue weighted by Gasteiger charge is 2.13. The molecular formula is C14H22N2O2. The summed E-state index contributed by atoms with van der Waals surface area (Å²) in [6.07, 6.45) is 1.07. The average Bonchev–Trinajstić information content (AvgIpc) is 2.28. The molecule has 0 aliphatic rings. The van der Waals surface area contributed by atoms with E-state index in [2.05, 4.69) is 18.7 Å². The maximum Gasteiger partial charge on any atom is 0.337 e. The van der Waals surface area contributed by atoms with Crippen LogP contribution in [0.5, 0.6) is 0 Å². The van der Waals surface area contributed by atoms with Crippen LogP contribution in [-0.2, 0) is 0 Å². The Hall–Kier alpha value is -1.71. The zero-order chi connectivity index (χ0) is 13.9. The molecule has 1 rings (SSSR count). The van der Waals surface area contributed by atoms with Crippen LogP contribution in [-0.4, -0.2) is 24.7 Å². The van der Waals surface area contributed by atoms with Gasteiger partial charge in [-0.2, -0.15) is 0 Å². The Morgan fingerprint density at radius 2 is 2.06 bits per heavy atom. The van der Waals surface area contributed by atoms with E-state index in [0.29, 0.717) is 11.6 Å². The molecule has 4 nitrogen and oxygen atoms in total. The number of aryl methyl sites for hydroxylation is 1. The van der Waals surface area contributed by atoms with Gasteiger partial charge in [-0.3, -0.25) is 0 Å². The van der Waals surface area contributed by atoms with Crippen molar-refractivity contribution < 1.29 is 9.90 Å². The average molecular weight is 250 g/mol. The molecular weight excluding hydrogens is 228 g/mol. The minimum absolute atomic E-state index is 0.182. The highest BCUT2D eigenvalue weighted by Crippen LogP contribution is 2.25. The van der Waals surface area contributed by atoms with Gasteiger partial charge in [-0.05, 0) is 37.0 Å². The summed E-state index contributed by atoms with van der Waals surface area (Å²) < 4.78 is 0. The number of hydrogen-bond acceptors (Lipinski definition) is 3. The van der Waals surface area contributed by atoms with Crippen LogP contribution >= 0.6 is 0 Å². The van der Waals surface area contributed by atoms with Crippen LogP contribution in [0.3, 0.4) is 0 Å². The summed E-state index contributed by atoms with van der Waals surface area (Å²) in [5, 5.41) is 9.12. The number of nitrogen functional groups attached to an aromatic ring is 1. The monoisotopic (exact) mass is 250 g/mol. The molecule has 0 amide bonds. The van der Waals surface area contributed by atoms with Crippen LogP contribution in [0.4, 0.5) is 11.4 Å². The summed E-state index contributed by atoms with van der Waals surface area (Å²) in [5.74, 6) is -0.351. The largest absolute Gasteiger partial charge is 0.478 e. The van der Waals surface area contributed by atoms with Crippen LogP contribution < -0.4 is 10.6 Å². The summed E-state index contributed by atoms with van der Waals surface area (Å²) in [6.45, 7) is 7.08. The van der Waals surface area contributed by atoms with Crippen molar-refractivity contribution in [2.75, 3.05) is 24.2 Å². The van der Waals surface area contributed by atoms with Crippen LogP contribution in [0.25, 0.3) is 0 Å². The second-order valence-electron chi connectivity index (χ2n) is 5.13. The predicted octanol–water partition coefficient (Wildman–Crippen LogP) is 2.76. The maximum atomic E-state index is 11.1. The van der Waals surface area contributed by atoms with Gasteiger partial charge in [0.15, 0.2) is 0 Å². The molecule has 1 aromatic carbocycles. The van der Waals surface area contributed by atoms with Gasteiger partial charge in [0.2, 0.25) is 0 Å². The van der Waals surface area contributed by atoms with Gasteiger partial charge in [0.1, 0.15) is 0 Å². The smallest absolute Gasteiger partial charge is 0.337 e. The van der Waals surface area contributed by atoms with Gasteiger partial charge < -0.3 is 15.7 Å². The topological polar surface area (TPSA) is 66.6 Å². The second-order valence-corrected chi connectivity index (χ2v) is 5.13. The molecule has 0 spiro atoms. The number of rotatable bonds is 5. The first-order valence-corrected chi connectivity index (χ1v) is 6.17. The molecule has 0 aliphatic heterocycles. The van der Waals surface area contributed by atoms with E-state index >= 15 is 0 Å². The Labute approximate surface area is 108 Å². The number of carboxylic acids is 1. The van der Waals surface area contributed by atoms with E-state index in [1.165, 1.54) is 0 Å². The standard InChI is InChI=1S/C14H22N2O2/c1-9(2)5-6-16(4)11-7-10(3)13(15)12(8-11)14(17)18/h7-9H,5-6,15H2,1-4H3,(H,17,18). The van der Waals surface area contributed by atoms with Crippen molar-refractivity contribution in [3.63, 3.8) is 0 Å². The molecule has 0 fully saturated rings. The zero-order valence-electron chi connectivity index (χ0n) is 11.5. The lowest BCUT2D eigenvalue weighted by Crippen LogP contribution is -2.20. The number of carboxylic acid groups (broad SMARTS) is 1. The SMILES string of the molecule is Cc1cc(N(C)CCC(C)C)cc(C(=O)O)c1N. The summed E-state index contributed by atoms with van der Waals surface area (Å²) in [4.78, 5) is 13.2. The Bertz CT molecular complexity index is 442. The number of carbonyl (C=O) groups is 1. The lowest BCUT2D eigenvalue weighted by molar-refractivity contribution is 0.0698. The van der Waals surface area contributed by atoms with Crippen molar-refractivity contribution in [3.05, 3.63) is 23.3 Å². The fourth-order valence-corrected chi connectivity index (χ4v) is 1.76. The maximum absolute atomic E-state index is 11.1. The van der Waals surface area contributed by atoms with E-state index in [1.807, 2.05) is 20.0 Å². The molecule has 0 bridgehead atoms. The molecule has 0 aliphatic carbocycles. The van der Waals surface area contributed by atoms with E-state index < -0.39 is 5.97 Å². The molecule has 100 valence electrons. The molecule has 0 saturated heterocycles. The van der Waals surface area contributed by atoms with E-state index in [9.17, 15) is 4.79 Å². The number of aromatic carboxylic acids is 1. The van der Waals surface area contributed by atoms with Crippen LogP contribution in [0.1, 0.15) is 36.2 Å². The summed E-state index contributed by atoms with van der Waals surface area (Å²) in [7, 11) is 1.97. The van der Waals surface area contributed by atoms with Crippen LogP contribution in [0.2, 0.25) is 0 Å². The predicted molar refractivity (Wildman–Crippen MR) is 75.3 cm³/mol. The van der Waals surface area contributed by atoms with Gasteiger partial charge in [0.05, 0.1) is 5.56 Å². The first-order chi connectivity index (χ1) is 8.32. The molecule has 0 radical (unpaired) electrons. The zero-order valence-corrected chi connectivity index (χ0v) is 11.5. The van der Waals surface area contributed by atoms with Crippen LogP contribution in [0, 0.1) is 12.8 Å². The van der Waals surface area contributed by atoms with E-state index in [4.69, 9.17) is 10.8 Å². The van der Waals surface area contributed by atoms with Gasteiger partial charge in [-0.1, -0.05) is 13.8 Å². The highest BCUT2D eigenvalue weighted by atomic mass is 16.4. The first-order valence-electron chi connectivity index (χ1n) is 6.17. The van der Waals surface area contributed by atoms with E-state index in [-0.39, 0.29) is 5.56 Å². The van der Waals surface area contributed by atoms with Crippen molar-refractivity contribution in [2.45, 2.75) is 27.2 Å². The van der Waals surface area contributed by atoms with Crippen LogP contribution in [0.15, 0.2) is 12.1 Å². The Kier molecular flexibility index (Phi) is 4.59. The number of benzene rings is 1.